The summed E-state index contributed by atoms with van der Waals surface area (Å²) in [5, 5.41) is 64.9. The Labute approximate surface area is 430 Å². The lowest BCUT2D eigenvalue weighted by atomic mass is 9.99. The highest BCUT2D eigenvalue weighted by Crippen LogP contribution is 2.23. The van der Waals surface area contributed by atoms with E-state index in [9.17, 15) is 35.4 Å². The minimum atomic E-state index is -1.62. The van der Waals surface area contributed by atoms with Gasteiger partial charge in [-0.2, -0.15) is 0 Å². The number of amides is 1. The Hall–Kier alpha value is -1.63. The van der Waals surface area contributed by atoms with Gasteiger partial charge in [-0.15, -0.1) is 0 Å². The van der Waals surface area contributed by atoms with E-state index in [1.165, 1.54) is 212 Å². The number of allylic oxidation sites excluding steroid dienone is 5. The Bertz CT molecular complexity index is 1210. The van der Waals surface area contributed by atoms with Gasteiger partial charge in [-0.25, -0.2) is 0 Å². The monoisotopic (exact) mass is 992 g/mol. The molecule has 0 aromatic rings. The molecule has 0 spiro atoms. The molecule has 412 valence electrons. The van der Waals surface area contributed by atoms with Crippen LogP contribution < -0.4 is 5.32 Å². The van der Waals surface area contributed by atoms with Crippen LogP contribution in [0.2, 0.25) is 0 Å². The van der Waals surface area contributed by atoms with Gasteiger partial charge in [0.25, 0.3) is 0 Å². The Morgan fingerprint density at radius 2 is 0.843 bits per heavy atom. The SMILES string of the molecule is CCCCCCCCCC/C=C/CC/C=C/C(O)C(COC1OC(CO)C(O)C(O)C1O)NC(=O)C(O)CCCCCCCCCCCCCCCCC/C=C\CCCCCCCCCCCCCC. The lowest BCUT2D eigenvalue weighted by Crippen LogP contribution is -2.60. The van der Waals surface area contributed by atoms with Gasteiger partial charge in [-0.1, -0.05) is 256 Å². The van der Waals surface area contributed by atoms with Crippen LogP contribution in [0.3, 0.4) is 0 Å². The first-order chi connectivity index (χ1) is 34.3. The molecule has 0 bridgehead atoms. The van der Waals surface area contributed by atoms with E-state index in [2.05, 4.69) is 43.5 Å². The van der Waals surface area contributed by atoms with E-state index in [0.29, 0.717) is 19.3 Å². The van der Waals surface area contributed by atoms with E-state index in [0.717, 1.165) is 32.1 Å². The Kier molecular flexibility index (Phi) is 47.0. The van der Waals surface area contributed by atoms with Crippen LogP contribution in [0.4, 0.5) is 0 Å². The molecule has 1 amide bonds. The third kappa shape index (κ3) is 38.0. The number of nitrogens with one attached hydrogen (secondary N) is 1. The Morgan fingerprint density at radius 3 is 1.24 bits per heavy atom. The fourth-order valence-electron chi connectivity index (χ4n) is 9.47. The van der Waals surface area contributed by atoms with Gasteiger partial charge in [0.1, 0.15) is 30.5 Å². The van der Waals surface area contributed by atoms with Crippen LogP contribution in [-0.2, 0) is 14.3 Å². The van der Waals surface area contributed by atoms with E-state index in [4.69, 9.17) is 9.47 Å². The van der Waals surface area contributed by atoms with Crippen molar-refractivity contribution in [3.8, 4) is 0 Å². The highest BCUT2D eigenvalue weighted by molar-refractivity contribution is 5.80. The number of carbonyl (C=O) groups is 1. The molecule has 8 atom stereocenters. The molecule has 0 saturated carbocycles. The van der Waals surface area contributed by atoms with Crippen molar-refractivity contribution in [3.63, 3.8) is 0 Å². The summed E-state index contributed by atoms with van der Waals surface area (Å²) in [7, 11) is 0. The number of hydrogen-bond acceptors (Lipinski definition) is 9. The van der Waals surface area contributed by atoms with Gasteiger partial charge in [0.05, 0.1) is 25.4 Å². The molecular formula is C60H113NO9. The molecular weight excluding hydrogens is 879 g/mol. The van der Waals surface area contributed by atoms with Gasteiger partial charge in [-0.05, 0) is 57.8 Å². The van der Waals surface area contributed by atoms with Crippen LogP contribution in [0, 0.1) is 0 Å². The largest absolute Gasteiger partial charge is 0.394 e. The van der Waals surface area contributed by atoms with Gasteiger partial charge in [-0.3, -0.25) is 4.79 Å². The average Bonchev–Trinajstić information content (AvgIpc) is 3.36. The summed E-state index contributed by atoms with van der Waals surface area (Å²) in [6.07, 6.45) is 54.1. The average molecular weight is 993 g/mol. The molecule has 70 heavy (non-hydrogen) atoms. The molecule has 0 aromatic heterocycles. The van der Waals surface area contributed by atoms with Crippen LogP contribution in [0.15, 0.2) is 36.5 Å². The van der Waals surface area contributed by atoms with Crippen LogP contribution in [0.5, 0.6) is 0 Å². The first-order valence-corrected chi connectivity index (χ1v) is 29.8. The molecule has 1 heterocycles. The molecule has 7 N–H and O–H groups in total. The summed E-state index contributed by atoms with van der Waals surface area (Å²) < 4.78 is 11.2. The van der Waals surface area contributed by atoms with E-state index in [-0.39, 0.29) is 6.61 Å². The molecule has 10 nitrogen and oxygen atoms in total. The summed E-state index contributed by atoms with van der Waals surface area (Å²) in [5.41, 5.74) is 0. The van der Waals surface area contributed by atoms with E-state index in [1.54, 1.807) is 6.08 Å². The van der Waals surface area contributed by atoms with E-state index >= 15 is 0 Å². The van der Waals surface area contributed by atoms with Gasteiger partial charge in [0.15, 0.2) is 6.29 Å². The summed E-state index contributed by atoms with van der Waals surface area (Å²) >= 11 is 0. The second-order valence-electron chi connectivity index (χ2n) is 20.9. The number of carbonyl (C=O) groups excluding carboxylic acids is 1. The molecule has 1 rings (SSSR count). The Morgan fingerprint density at radius 1 is 0.486 bits per heavy atom. The summed E-state index contributed by atoms with van der Waals surface area (Å²) in [6.45, 7) is 3.61. The number of aliphatic hydroxyl groups is 6. The van der Waals surface area contributed by atoms with Crippen molar-refractivity contribution >= 4 is 5.91 Å². The van der Waals surface area contributed by atoms with Gasteiger partial charge in [0.2, 0.25) is 5.91 Å². The summed E-state index contributed by atoms with van der Waals surface area (Å²) in [5.74, 6) is -0.623. The second-order valence-corrected chi connectivity index (χ2v) is 20.9. The molecule has 0 aromatic carbocycles. The van der Waals surface area contributed by atoms with Gasteiger partial charge >= 0.3 is 0 Å². The van der Waals surface area contributed by atoms with Crippen molar-refractivity contribution < 1.29 is 44.9 Å². The predicted molar refractivity (Wildman–Crippen MR) is 292 cm³/mol. The van der Waals surface area contributed by atoms with Crippen molar-refractivity contribution in [2.75, 3.05) is 13.2 Å². The molecule has 10 heteroatoms. The number of unbranched alkanes of at least 4 members (excludes halogenated alkanes) is 36. The fraction of sp³-hybridized carbons (Fsp3) is 0.883. The van der Waals surface area contributed by atoms with Crippen LogP contribution >= 0.6 is 0 Å². The zero-order valence-corrected chi connectivity index (χ0v) is 45.4. The number of aliphatic hydroxyl groups excluding tert-OH is 6. The topological polar surface area (TPSA) is 169 Å². The molecule has 1 aliphatic heterocycles. The predicted octanol–water partition coefficient (Wildman–Crippen LogP) is 13.7. The van der Waals surface area contributed by atoms with Crippen molar-refractivity contribution in [2.24, 2.45) is 0 Å². The molecule has 0 aliphatic carbocycles. The van der Waals surface area contributed by atoms with Crippen LogP contribution in [0.25, 0.3) is 0 Å². The van der Waals surface area contributed by atoms with Crippen molar-refractivity contribution in [2.45, 2.75) is 326 Å². The standard InChI is InChI=1S/C60H113NO9/c1-3-5-7-9-11-13-15-17-19-20-21-22-23-24-25-26-27-28-29-30-31-32-33-34-35-37-39-41-43-45-47-49-54(64)59(68)61-52(51-69-60-58(67)57(66)56(65)55(50-62)70-60)53(63)48-46-44-42-40-38-36-18-16-14-12-10-8-6-4-2/h24-25,38,40,46,48,52-58,60,62-67H,3-23,26-37,39,41-45,47,49-51H2,1-2H3,(H,61,68)/b25-24-,40-38+,48-46+. The van der Waals surface area contributed by atoms with Crippen molar-refractivity contribution in [1.29, 1.82) is 0 Å². The molecule has 1 fully saturated rings. The zero-order chi connectivity index (χ0) is 51.0. The van der Waals surface area contributed by atoms with Gasteiger partial charge in [0, 0.05) is 0 Å². The molecule has 1 aliphatic rings. The third-order valence-corrected chi connectivity index (χ3v) is 14.3. The highest BCUT2D eigenvalue weighted by atomic mass is 16.7. The lowest BCUT2D eigenvalue weighted by Gasteiger charge is -2.40. The second kappa shape index (κ2) is 49.6. The van der Waals surface area contributed by atoms with Crippen LogP contribution in [-0.4, -0.2) is 98.7 Å². The zero-order valence-electron chi connectivity index (χ0n) is 45.4. The summed E-state index contributed by atoms with van der Waals surface area (Å²) in [4.78, 5) is 13.1. The minimum Gasteiger partial charge on any atom is -0.394 e. The normalized spacial score (nSPS) is 20.0. The number of ether oxygens (including phenoxy) is 2. The van der Waals surface area contributed by atoms with Gasteiger partial charge < -0.3 is 45.4 Å². The lowest BCUT2D eigenvalue weighted by molar-refractivity contribution is -0.302. The van der Waals surface area contributed by atoms with Crippen LogP contribution in [0.1, 0.15) is 277 Å². The third-order valence-electron chi connectivity index (χ3n) is 14.3. The first-order valence-electron chi connectivity index (χ1n) is 29.8. The van der Waals surface area contributed by atoms with E-state index in [1.807, 2.05) is 6.08 Å². The maximum absolute atomic E-state index is 13.1. The highest BCUT2D eigenvalue weighted by Gasteiger charge is 2.44. The smallest absolute Gasteiger partial charge is 0.249 e. The Balaban J connectivity index is 2.18. The fourth-order valence-corrected chi connectivity index (χ4v) is 9.47. The summed E-state index contributed by atoms with van der Waals surface area (Å²) in [6, 6.07) is -0.996. The number of rotatable bonds is 51. The number of hydrogen-bond donors (Lipinski definition) is 7. The minimum absolute atomic E-state index is 0.305. The first kappa shape index (κ1) is 66.4. The molecule has 8 unspecified atom stereocenters. The van der Waals surface area contributed by atoms with Crippen molar-refractivity contribution in [3.05, 3.63) is 36.5 Å². The molecule has 1 saturated heterocycles. The molecule has 0 radical (unpaired) electrons. The van der Waals surface area contributed by atoms with Crippen molar-refractivity contribution in [1.82, 2.24) is 5.32 Å². The maximum Gasteiger partial charge on any atom is 0.249 e. The van der Waals surface area contributed by atoms with E-state index < -0.39 is 61.5 Å². The maximum atomic E-state index is 13.1. The quantitative estimate of drug-likeness (QED) is 0.0232.